The van der Waals surface area contributed by atoms with E-state index in [9.17, 15) is 19.2 Å². The molecule has 2 aromatic heterocycles. The molecule has 3 aromatic rings. The molecule has 154 valence electrons. The summed E-state index contributed by atoms with van der Waals surface area (Å²) in [6, 6.07) is 9.13. The Morgan fingerprint density at radius 2 is 2.00 bits per heavy atom. The number of benzene rings is 1. The monoisotopic (exact) mass is 410 g/mol. The zero-order valence-electron chi connectivity index (χ0n) is 15.9. The number of nitrogens with two attached hydrogens (primary N) is 1. The molecule has 10 heteroatoms. The van der Waals surface area contributed by atoms with Gasteiger partial charge in [0, 0.05) is 6.54 Å². The van der Waals surface area contributed by atoms with E-state index in [0.717, 1.165) is 0 Å². The minimum absolute atomic E-state index is 0.167. The molecule has 0 spiro atoms. The van der Waals surface area contributed by atoms with Crippen molar-refractivity contribution in [3.63, 3.8) is 0 Å². The number of halogens is 1. The van der Waals surface area contributed by atoms with Gasteiger partial charge in [-0.05, 0) is 43.2 Å². The molecule has 0 atom stereocenters. The van der Waals surface area contributed by atoms with Crippen LogP contribution in [-0.4, -0.2) is 34.7 Å². The molecule has 2 amide bonds. The molecular formula is C20H19FN6O3. The van der Waals surface area contributed by atoms with Crippen molar-refractivity contribution in [2.75, 3.05) is 18.8 Å². The smallest absolute Gasteiger partial charge is 0.254 e. The SMILES string of the molecule is N#Cc1c(CCCNC(=O)CNC(=O)c2ccoc2)nn(-c2ccc(F)cc2)c1N. The second-order valence-corrected chi connectivity index (χ2v) is 6.36. The summed E-state index contributed by atoms with van der Waals surface area (Å²) >= 11 is 0. The Morgan fingerprint density at radius 1 is 1.23 bits per heavy atom. The number of nitrogen functional groups attached to an aromatic ring is 1. The number of carbonyl (C=O) groups excluding carboxylic acids is 2. The first-order valence-corrected chi connectivity index (χ1v) is 9.10. The molecule has 0 bridgehead atoms. The van der Waals surface area contributed by atoms with Gasteiger partial charge < -0.3 is 20.8 Å². The normalized spacial score (nSPS) is 10.4. The lowest BCUT2D eigenvalue weighted by molar-refractivity contribution is -0.120. The zero-order valence-corrected chi connectivity index (χ0v) is 15.9. The fourth-order valence-electron chi connectivity index (χ4n) is 2.76. The maximum Gasteiger partial charge on any atom is 0.254 e. The molecule has 0 aliphatic carbocycles. The number of aryl methyl sites for hydroxylation is 1. The second-order valence-electron chi connectivity index (χ2n) is 6.36. The summed E-state index contributed by atoms with van der Waals surface area (Å²) in [5.74, 6) is -0.963. The summed E-state index contributed by atoms with van der Waals surface area (Å²) in [7, 11) is 0. The average molecular weight is 410 g/mol. The highest BCUT2D eigenvalue weighted by Crippen LogP contribution is 2.21. The standard InChI is InChI=1S/C20H19FN6O3/c21-14-3-5-15(6-4-14)27-19(23)16(10-22)17(26-27)2-1-8-24-18(28)11-25-20(29)13-7-9-30-12-13/h3-7,9,12H,1-2,8,11,23H2,(H,24,28)(H,25,29). The van der Waals surface area contributed by atoms with Crippen molar-refractivity contribution in [1.29, 1.82) is 5.26 Å². The molecule has 0 saturated heterocycles. The van der Waals surface area contributed by atoms with Gasteiger partial charge in [-0.3, -0.25) is 9.59 Å². The number of nitriles is 1. The van der Waals surface area contributed by atoms with Crippen LogP contribution in [0.5, 0.6) is 0 Å². The first kappa shape index (κ1) is 20.6. The van der Waals surface area contributed by atoms with E-state index >= 15 is 0 Å². The Hall–Kier alpha value is -4.13. The molecule has 3 rings (SSSR count). The summed E-state index contributed by atoms with van der Waals surface area (Å²) in [4.78, 5) is 23.6. The summed E-state index contributed by atoms with van der Waals surface area (Å²) in [6.07, 6.45) is 3.57. The second kappa shape index (κ2) is 9.38. The van der Waals surface area contributed by atoms with Crippen LogP contribution in [0.15, 0.2) is 47.3 Å². The van der Waals surface area contributed by atoms with E-state index in [1.165, 1.54) is 47.5 Å². The van der Waals surface area contributed by atoms with Crippen LogP contribution >= 0.6 is 0 Å². The predicted octanol–water partition coefficient (Wildman–Crippen LogP) is 1.54. The quantitative estimate of drug-likeness (QED) is 0.482. The highest BCUT2D eigenvalue weighted by atomic mass is 19.1. The fraction of sp³-hybridized carbons (Fsp3) is 0.200. The fourth-order valence-corrected chi connectivity index (χ4v) is 2.76. The number of rotatable bonds is 8. The van der Waals surface area contributed by atoms with Gasteiger partial charge in [0.15, 0.2) is 0 Å². The van der Waals surface area contributed by atoms with Gasteiger partial charge in [-0.25, -0.2) is 9.07 Å². The molecule has 2 heterocycles. The average Bonchev–Trinajstić information content (AvgIpc) is 3.38. The lowest BCUT2D eigenvalue weighted by atomic mass is 10.1. The highest BCUT2D eigenvalue weighted by molar-refractivity contribution is 5.96. The number of nitrogens with one attached hydrogen (secondary N) is 2. The van der Waals surface area contributed by atoms with E-state index in [0.29, 0.717) is 36.3 Å². The molecular weight excluding hydrogens is 391 g/mol. The maximum atomic E-state index is 13.1. The Kier molecular flexibility index (Phi) is 6.44. The van der Waals surface area contributed by atoms with Gasteiger partial charge >= 0.3 is 0 Å². The molecule has 0 fully saturated rings. The van der Waals surface area contributed by atoms with Crippen LogP contribution in [0.25, 0.3) is 5.69 Å². The Morgan fingerprint density at radius 3 is 2.67 bits per heavy atom. The summed E-state index contributed by atoms with van der Waals surface area (Å²) in [6.45, 7) is 0.161. The largest absolute Gasteiger partial charge is 0.472 e. The number of aromatic nitrogens is 2. The van der Waals surface area contributed by atoms with Gasteiger partial charge in [0.05, 0.1) is 29.8 Å². The molecule has 1 aromatic carbocycles. The van der Waals surface area contributed by atoms with Gasteiger partial charge in [0.2, 0.25) is 5.91 Å². The maximum absolute atomic E-state index is 13.1. The topological polar surface area (TPSA) is 139 Å². The van der Waals surface area contributed by atoms with Crippen molar-refractivity contribution >= 4 is 17.6 Å². The van der Waals surface area contributed by atoms with Crippen LogP contribution in [-0.2, 0) is 11.2 Å². The van der Waals surface area contributed by atoms with E-state index in [1.807, 2.05) is 6.07 Å². The number of carbonyl (C=O) groups is 2. The Labute approximate surface area is 171 Å². The van der Waals surface area contributed by atoms with Crippen LogP contribution in [0, 0.1) is 17.1 Å². The number of amides is 2. The molecule has 0 saturated carbocycles. The van der Waals surface area contributed by atoms with Gasteiger partial charge in [-0.1, -0.05) is 0 Å². The van der Waals surface area contributed by atoms with Crippen LogP contribution in [0.1, 0.15) is 28.0 Å². The minimum Gasteiger partial charge on any atom is -0.472 e. The van der Waals surface area contributed by atoms with E-state index < -0.39 is 5.91 Å². The molecule has 0 radical (unpaired) electrons. The first-order chi connectivity index (χ1) is 14.5. The van der Waals surface area contributed by atoms with Crippen molar-refractivity contribution < 1.29 is 18.4 Å². The number of hydrogen-bond acceptors (Lipinski definition) is 6. The van der Waals surface area contributed by atoms with Crippen molar-refractivity contribution in [2.24, 2.45) is 0 Å². The third-order valence-corrected chi connectivity index (χ3v) is 4.28. The van der Waals surface area contributed by atoms with E-state index in [1.54, 1.807) is 0 Å². The number of hydrogen-bond donors (Lipinski definition) is 3. The molecule has 9 nitrogen and oxygen atoms in total. The van der Waals surface area contributed by atoms with Crippen molar-refractivity contribution in [3.8, 4) is 11.8 Å². The van der Waals surface area contributed by atoms with Crippen LogP contribution in [0.2, 0.25) is 0 Å². The van der Waals surface area contributed by atoms with Gasteiger partial charge in [0.1, 0.15) is 29.5 Å². The predicted molar refractivity (Wildman–Crippen MR) is 105 cm³/mol. The number of furan rings is 1. The van der Waals surface area contributed by atoms with Crippen molar-refractivity contribution in [2.45, 2.75) is 12.8 Å². The van der Waals surface area contributed by atoms with Gasteiger partial charge in [-0.2, -0.15) is 10.4 Å². The first-order valence-electron chi connectivity index (χ1n) is 9.10. The summed E-state index contributed by atoms with van der Waals surface area (Å²) in [5.41, 5.74) is 7.62. The van der Waals surface area contributed by atoms with Crippen molar-refractivity contribution in [1.82, 2.24) is 20.4 Å². The summed E-state index contributed by atoms with van der Waals surface area (Å²) in [5, 5.41) is 18.9. The minimum atomic E-state index is -0.403. The summed E-state index contributed by atoms with van der Waals surface area (Å²) < 4.78 is 19.3. The van der Waals surface area contributed by atoms with E-state index in [4.69, 9.17) is 10.2 Å². The lowest BCUT2D eigenvalue weighted by Crippen LogP contribution is -2.37. The third-order valence-electron chi connectivity index (χ3n) is 4.28. The van der Waals surface area contributed by atoms with Crippen LogP contribution in [0.4, 0.5) is 10.2 Å². The zero-order chi connectivity index (χ0) is 21.5. The number of nitrogens with zero attached hydrogens (tertiary/aromatic N) is 3. The van der Waals surface area contributed by atoms with Crippen LogP contribution < -0.4 is 16.4 Å². The van der Waals surface area contributed by atoms with Crippen LogP contribution in [0.3, 0.4) is 0 Å². The Bertz CT molecular complexity index is 1070. The molecule has 0 unspecified atom stereocenters. The lowest BCUT2D eigenvalue weighted by Gasteiger charge is -2.06. The van der Waals surface area contributed by atoms with Gasteiger partial charge in [-0.15, -0.1) is 0 Å². The molecule has 30 heavy (non-hydrogen) atoms. The van der Waals surface area contributed by atoms with Gasteiger partial charge in [0.25, 0.3) is 5.91 Å². The van der Waals surface area contributed by atoms with Crippen molar-refractivity contribution in [3.05, 3.63) is 65.5 Å². The third kappa shape index (κ3) is 4.82. The molecule has 0 aliphatic heterocycles. The van der Waals surface area contributed by atoms with E-state index in [-0.39, 0.29) is 29.7 Å². The number of anilines is 1. The molecule has 4 N–H and O–H groups in total. The highest BCUT2D eigenvalue weighted by Gasteiger charge is 2.16. The Balaban J connectivity index is 1.50. The van der Waals surface area contributed by atoms with E-state index in [2.05, 4.69) is 15.7 Å². The molecule has 0 aliphatic rings.